The van der Waals surface area contributed by atoms with E-state index in [9.17, 15) is 4.79 Å². The number of carbonyl (C=O) groups excluding carboxylic acids is 1. The monoisotopic (exact) mass is 323 g/mol. The van der Waals surface area contributed by atoms with Crippen LogP contribution in [-0.4, -0.2) is 41.9 Å². The minimum atomic E-state index is 0.194. The van der Waals surface area contributed by atoms with Crippen LogP contribution in [0.15, 0.2) is 36.5 Å². The molecule has 1 fully saturated rings. The van der Waals surface area contributed by atoms with Crippen molar-refractivity contribution in [3.63, 3.8) is 0 Å². The van der Waals surface area contributed by atoms with Crippen LogP contribution < -0.4 is 9.80 Å². The fourth-order valence-electron chi connectivity index (χ4n) is 3.62. The van der Waals surface area contributed by atoms with Crippen molar-refractivity contribution in [3.05, 3.63) is 53.3 Å². The molecular formula is C19H23N4O+. The topological polar surface area (TPSA) is 50.5 Å². The van der Waals surface area contributed by atoms with E-state index in [-0.39, 0.29) is 5.78 Å². The number of aromatic nitrogens is 2. The first-order valence-electron chi connectivity index (χ1n) is 8.81. The smallest absolute Gasteiger partial charge is 0.225 e. The lowest BCUT2D eigenvalue weighted by Gasteiger charge is -2.32. The van der Waals surface area contributed by atoms with Crippen LogP contribution in [0.4, 0.5) is 5.95 Å². The van der Waals surface area contributed by atoms with E-state index >= 15 is 0 Å². The summed E-state index contributed by atoms with van der Waals surface area (Å²) >= 11 is 0. The quantitative estimate of drug-likeness (QED) is 0.912. The predicted molar refractivity (Wildman–Crippen MR) is 92.4 cm³/mol. The minimum absolute atomic E-state index is 0.194. The van der Waals surface area contributed by atoms with Crippen molar-refractivity contribution in [2.75, 3.05) is 31.1 Å². The number of fused-ring (bicyclic) bond motifs is 1. The highest BCUT2D eigenvalue weighted by Gasteiger charge is 2.24. The Bertz CT molecular complexity index is 723. The van der Waals surface area contributed by atoms with E-state index in [1.807, 2.05) is 0 Å². The number of ketones is 1. The number of benzene rings is 1. The number of nitrogens with one attached hydrogen (secondary N) is 1. The molecule has 1 saturated heterocycles. The Balaban J connectivity index is 1.40. The first kappa shape index (κ1) is 15.3. The van der Waals surface area contributed by atoms with Gasteiger partial charge in [-0.05, 0) is 12.8 Å². The maximum atomic E-state index is 11.9. The number of hydrogen-bond donors (Lipinski definition) is 1. The molecule has 124 valence electrons. The third kappa shape index (κ3) is 3.17. The molecule has 1 aromatic heterocycles. The summed E-state index contributed by atoms with van der Waals surface area (Å²) in [5.74, 6) is 0.988. The van der Waals surface area contributed by atoms with Crippen molar-refractivity contribution in [2.24, 2.45) is 0 Å². The van der Waals surface area contributed by atoms with Gasteiger partial charge in [-0.1, -0.05) is 30.3 Å². The summed E-state index contributed by atoms with van der Waals surface area (Å²) in [6.07, 6.45) is 4.19. The van der Waals surface area contributed by atoms with E-state index in [0.717, 1.165) is 62.8 Å². The van der Waals surface area contributed by atoms with E-state index in [2.05, 4.69) is 45.2 Å². The Morgan fingerprint density at radius 3 is 2.67 bits per heavy atom. The molecule has 0 spiro atoms. The molecule has 0 atom stereocenters. The number of carbonyl (C=O) groups is 1. The summed E-state index contributed by atoms with van der Waals surface area (Å²) < 4.78 is 0. The van der Waals surface area contributed by atoms with Gasteiger partial charge in [-0.15, -0.1) is 0 Å². The second-order valence-electron chi connectivity index (χ2n) is 6.71. The number of rotatable bonds is 3. The molecule has 5 heteroatoms. The number of quaternary nitrogens is 1. The maximum Gasteiger partial charge on any atom is 0.225 e. The molecule has 0 unspecified atom stereocenters. The van der Waals surface area contributed by atoms with Gasteiger partial charge in [0.05, 0.1) is 37.4 Å². The molecule has 1 aromatic carbocycles. The molecular weight excluding hydrogens is 300 g/mol. The zero-order chi connectivity index (χ0) is 16.4. The summed E-state index contributed by atoms with van der Waals surface area (Å²) in [4.78, 5) is 24.9. The van der Waals surface area contributed by atoms with Gasteiger partial charge in [-0.3, -0.25) is 4.79 Å². The van der Waals surface area contributed by atoms with Gasteiger partial charge in [0, 0.05) is 18.2 Å². The molecule has 1 aliphatic heterocycles. The zero-order valence-electron chi connectivity index (χ0n) is 13.9. The number of anilines is 1. The molecule has 2 aliphatic rings. The molecule has 0 radical (unpaired) electrons. The highest BCUT2D eigenvalue weighted by Crippen LogP contribution is 2.20. The predicted octanol–water partition coefficient (Wildman–Crippen LogP) is 0.901. The average Bonchev–Trinajstić information content (AvgIpc) is 2.63. The lowest BCUT2D eigenvalue weighted by molar-refractivity contribution is -0.914. The van der Waals surface area contributed by atoms with Crippen molar-refractivity contribution in [1.29, 1.82) is 0 Å². The molecule has 4 rings (SSSR count). The van der Waals surface area contributed by atoms with Gasteiger partial charge in [0.1, 0.15) is 6.54 Å². The first-order chi connectivity index (χ1) is 11.8. The summed E-state index contributed by atoms with van der Waals surface area (Å²) in [6, 6.07) is 10.7. The van der Waals surface area contributed by atoms with Crippen LogP contribution >= 0.6 is 0 Å². The van der Waals surface area contributed by atoms with Crippen molar-refractivity contribution in [2.45, 2.75) is 25.8 Å². The largest absolute Gasteiger partial charge is 0.330 e. The Kier molecular flexibility index (Phi) is 4.26. The van der Waals surface area contributed by atoms with Crippen LogP contribution in [0.25, 0.3) is 0 Å². The minimum Gasteiger partial charge on any atom is -0.330 e. The Labute approximate surface area is 142 Å². The number of Topliss-reactive ketones (excluding diaryl/α,β-unsaturated/α-hetero) is 1. The van der Waals surface area contributed by atoms with Crippen molar-refractivity contribution in [1.82, 2.24) is 9.97 Å². The van der Waals surface area contributed by atoms with Crippen LogP contribution in [0.1, 0.15) is 34.5 Å². The van der Waals surface area contributed by atoms with Crippen molar-refractivity contribution < 1.29 is 9.69 Å². The molecule has 0 saturated carbocycles. The van der Waals surface area contributed by atoms with Gasteiger partial charge in [0.2, 0.25) is 5.95 Å². The lowest BCUT2D eigenvalue weighted by Crippen LogP contribution is -3.13. The summed E-state index contributed by atoms with van der Waals surface area (Å²) in [6.45, 7) is 5.20. The third-order valence-electron chi connectivity index (χ3n) is 5.02. The third-order valence-corrected chi connectivity index (χ3v) is 5.02. The van der Waals surface area contributed by atoms with Crippen LogP contribution in [-0.2, 0) is 13.0 Å². The van der Waals surface area contributed by atoms with E-state index in [4.69, 9.17) is 0 Å². The highest BCUT2D eigenvalue weighted by molar-refractivity contribution is 5.97. The van der Waals surface area contributed by atoms with Gasteiger partial charge in [-0.2, -0.15) is 0 Å². The first-order valence-corrected chi connectivity index (χ1v) is 8.81. The van der Waals surface area contributed by atoms with E-state index in [1.54, 1.807) is 11.1 Å². The fraction of sp³-hybridized carbons (Fsp3) is 0.421. The van der Waals surface area contributed by atoms with E-state index in [0.29, 0.717) is 6.42 Å². The van der Waals surface area contributed by atoms with E-state index < -0.39 is 0 Å². The molecule has 24 heavy (non-hydrogen) atoms. The number of aryl methyl sites for hydroxylation is 1. The van der Waals surface area contributed by atoms with Crippen LogP contribution in [0.2, 0.25) is 0 Å². The number of nitrogens with zero attached hydrogens (tertiary/aromatic N) is 3. The van der Waals surface area contributed by atoms with Gasteiger partial charge >= 0.3 is 0 Å². The lowest BCUT2D eigenvalue weighted by atomic mass is 9.96. The zero-order valence-corrected chi connectivity index (χ0v) is 13.9. The fourth-order valence-corrected chi connectivity index (χ4v) is 3.62. The average molecular weight is 323 g/mol. The van der Waals surface area contributed by atoms with Gasteiger partial charge < -0.3 is 9.80 Å². The highest BCUT2D eigenvalue weighted by atomic mass is 16.1. The van der Waals surface area contributed by atoms with Crippen molar-refractivity contribution in [3.8, 4) is 0 Å². The second-order valence-corrected chi connectivity index (χ2v) is 6.71. The maximum absolute atomic E-state index is 11.9. The number of hydrogen-bond acceptors (Lipinski definition) is 4. The van der Waals surface area contributed by atoms with Gasteiger partial charge in [-0.25, -0.2) is 9.97 Å². The van der Waals surface area contributed by atoms with E-state index in [1.165, 1.54) is 5.56 Å². The molecule has 1 aliphatic carbocycles. The normalized spacial score (nSPS) is 18.5. The summed E-state index contributed by atoms with van der Waals surface area (Å²) in [7, 11) is 0. The van der Waals surface area contributed by atoms with Crippen LogP contribution in [0.5, 0.6) is 0 Å². The molecule has 2 aromatic rings. The summed E-state index contributed by atoms with van der Waals surface area (Å²) in [5.41, 5.74) is 3.07. The number of piperazine rings is 1. The molecule has 1 N–H and O–H groups in total. The standard InChI is InChI=1S/C19H22N4O/c24-18-8-4-7-17-16(18)13-20-19(21-17)23-11-9-22(10-12-23)14-15-5-2-1-3-6-15/h1-3,5-6,13H,4,7-12,14H2/p+1. The summed E-state index contributed by atoms with van der Waals surface area (Å²) in [5, 5.41) is 0. The Morgan fingerprint density at radius 2 is 1.88 bits per heavy atom. The SMILES string of the molecule is O=C1CCCc2nc(N3CC[NH+](Cc4ccccc4)CC3)ncc21. The van der Waals surface area contributed by atoms with Crippen LogP contribution in [0.3, 0.4) is 0 Å². The molecule has 0 bridgehead atoms. The Hall–Kier alpha value is -2.27. The van der Waals surface area contributed by atoms with Crippen molar-refractivity contribution >= 4 is 11.7 Å². The van der Waals surface area contributed by atoms with Crippen LogP contribution in [0, 0.1) is 0 Å². The Morgan fingerprint density at radius 1 is 1.08 bits per heavy atom. The van der Waals surface area contributed by atoms with Gasteiger partial charge in [0.15, 0.2) is 5.78 Å². The second kappa shape index (κ2) is 6.69. The molecule has 0 amide bonds. The molecule has 5 nitrogen and oxygen atoms in total. The molecule has 2 heterocycles. The van der Waals surface area contributed by atoms with Gasteiger partial charge in [0.25, 0.3) is 0 Å².